The maximum Gasteiger partial charge on any atom is 0.356 e. The number of hydrogen-bond donors (Lipinski definition) is 2. The zero-order chi connectivity index (χ0) is 25.0. The SMILES string of the molecule is CCOC(=O)c1[nH]nc2c1CC1=C(C(=O)CCC1)N2c1ccc(Sc2nc3cc(Cl)c(F)cc3[nH]2)o1. The molecule has 2 N–H and O–H groups in total. The maximum atomic E-state index is 13.8. The average molecular weight is 528 g/mol. The lowest BCUT2D eigenvalue weighted by atomic mass is 9.87. The van der Waals surface area contributed by atoms with Gasteiger partial charge in [-0.15, -0.1) is 0 Å². The lowest BCUT2D eigenvalue weighted by molar-refractivity contribution is -0.116. The van der Waals surface area contributed by atoms with Gasteiger partial charge < -0.3 is 14.1 Å². The topological polar surface area (TPSA) is 117 Å². The molecule has 3 aromatic heterocycles. The number of halogens is 2. The molecule has 36 heavy (non-hydrogen) atoms. The van der Waals surface area contributed by atoms with E-state index in [1.54, 1.807) is 24.0 Å². The summed E-state index contributed by atoms with van der Waals surface area (Å²) in [5.74, 6) is -0.202. The molecule has 0 bridgehead atoms. The molecule has 0 saturated heterocycles. The van der Waals surface area contributed by atoms with Crippen molar-refractivity contribution in [1.82, 2.24) is 20.2 Å². The van der Waals surface area contributed by atoms with Crippen molar-refractivity contribution in [2.24, 2.45) is 0 Å². The first-order valence-electron chi connectivity index (χ1n) is 11.3. The van der Waals surface area contributed by atoms with Crippen molar-refractivity contribution in [1.29, 1.82) is 0 Å². The van der Waals surface area contributed by atoms with E-state index in [-0.39, 0.29) is 23.1 Å². The number of carbonyl (C=O) groups is 2. The van der Waals surface area contributed by atoms with E-state index < -0.39 is 11.8 Å². The molecular formula is C24H19ClFN5O4S. The predicted octanol–water partition coefficient (Wildman–Crippen LogP) is 5.70. The van der Waals surface area contributed by atoms with Crippen molar-refractivity contribution < 1.29 is 23.1 Å². The van der Waals surface area contributed by atoms with Crippen LogP contribution in [0.3, 0.4) is 0 Å². The van der Waals surface area contributed by atoms with Gasteiger partial charge >= 0.3 is 5.97 Å². The first kappa shape index (κ1) is 22.9. The van der Waals surface area contributed by atoms with Gasteiger partial charge in [0.25, 0.3) is 0 Å². The first-order chi connectivity index (χ1) is 17.4. The van der Waals surface area contributed by atoms with Crippen LogP contribution in [-0.2, 0) is 16.0 Å². The van der Waals surface area contributed by atoms with Crippen LogP contribution in [0.4, 0.5) is 16.1 Å². The lowest BCUT2D eigenvalue weighted by Crippen LogP contribution is -2.31. The number of rotatable bonds is 5. The van der Waals surface area contributed by atoms with E-state index in [4.69, 9.17) is 20.8 Å². The third-order valence-electron chi connectivity index (χ3n) is 6.12. The van der Waals surface area contributed by atoms with Crippen molar-refractivity contribution >= 4 is 57.9 Å². The van der Waals surface area contributed by atoms with E-state index in [1.807, 2.05) is 0 Å². The zero-order valence-electron chi connectivity index (χ0n) is 19.0. The van der Waals surface area contributed by atoms with Crippen molar-refractivity contribution in [3.8, 4) is 0 Å². The summed E-state index contributed by atoms with van der Waals surface area (Å²) in [7, 11) is 0. The Balaban J connectivity index is 1.37. The number of carbonyl (C=O) groups excluding carboxylic acids is 2. The molecule has 1 aliphatic carbocycles. The van der Waals surface area contributed by atoms with E-state index in [0.29, 0.717) is 57.1 Å². The zero-order valence-corrected chi connectivity index (χ0v) is 20.6. The van der Waals surface area contributed by atoms with Gasteiger partial charge in [0.2, 0.25) is 5.88 Å². The molecule has 0 spiro atoms. The molecule has 9 nitrogen and oxygen atoms in total. The number of benzene rings is 1. The van der Waals surface area contributed by atoms with Crippen LogP contribution in [0.5, 0.6) is 0 Å². The second kappa shape index (κ2) is 8.82. The average Bonchev–Trinajstić information content (AvgIpc) is 3.57. The van der Waals surface area contributed by atoms with Crippen LogP contribution >= 0.6 is 23.4 Å². The molecule has 4 heterocycles. The van der Waals surface area contributed by atoms with Crippen molar-refractivity contribution in [2.45, 2.75) is 42.9 Å². The fourth-order valence-electron chi connectivity index (χ4n) is 4.58. The third kappa shape index (κ3) is 3.79. The molecule has 0 saturated carbocycles. The summed E-state index contributed by atoms with van der Waals surface area (Å²) >= 11 is 7.07. The maximum absolute atomic E-state index is 13.8. The van der Waals surface area contributed by atoms with E-state index in [0.717, 1.165) is 18.4 Å². The number of esters is 1. The molecular weight excluding hydrogens is 509 g/mol. The van der Waals surface area contributed by atoms with Crippen LogP contribution in [0.25, 0.3) is 11.0 Å². The first-order valence-corrected chi connectivity index (χ1v) is 12.5. The number of aromatic nitrogens is 4. The normalized spacial score (nSPS) is 15.4. The second-order valence-corrected chi connectivity index (χ2v) is 9.78. The summed E-state index contributed by atoms with van der Waals surface area (Å²) < 4.78 is 25.1. The smallest absolute Gasteiger partial charge is 0.356 e. The number of nitrogens with one attached hydrogen (secondary N) is 2. The Labute approximate surface area is 213 Å². The number of hydrogen-bond acceptors (Lipinski definition) is 8. The number of fused-ring (bicyclic) bond motifs is 2. The summed E-state index contributed by atoms with van der Waals surface area (Å²) in [5.41, 5.74) is 3.46. The van der Waals surface area contributed by atoms with Crippen molar-refractivity contribution in [3.05, 3.63) is 57.6 Å². The highest BCUT2D eigenvalue weighted by molar-refractivity contribution is 7.99. The molecule has 0 amide bonds. The van der Waals surface area contributed by atoms with Gasteiger partial charge in [0, 0.05) is 30.5 Å². The molecule has 0 atom stereocenters. The van der Waals surface area contributed by atoms with E-state index >= 15 is 0 Å². The van der Waals surface area contributed by atoms with Gasteiger partial charge in [-0.1, -0.05) is 11.6 Å². The number of Topliss-reactive ketones (excluding diaryl/α,β-unsaturated/α-hetero) is 1. The summed E-state index contributed by atoms with van der Waals surface area (Å²) in [6.45, 7) is 1.98. The number of allylic oxidation sites excluding steroid dienone is 2. The predicted molar refractivity (Wildman–Crippen MR) is 130 cm³/mol. The van der Waals surface area contributed by atoms with E-state index in [9.17, 15) is 14.0 Å². The number of ether oxygens (including phenoxy) is 1. The standard InChI is InChI=1S/C24H19ClFN5O4S/c1-2-34-23(33)20-12-8-11-4-3-5-17(32)21(11)31(22(12)30-29-20)18-6-7-19(35-18)36-24-27-15-9-13(25)14(26)10-16(15)28-24/h6-7,9-10H,2-5,8H2,1H3,(H,27,28)(H,29,30). The Bertz CT molecular complexity index is 1530. The van der Waals surface area contributed by atoms with Gasteiger partial charge in [-0.25, -0.2) is 14.2 Å². The highest BCUT2D eigenvalue weighted by Gasteiger charge is 2.38. The van der Waals surface area contributed by atoms with Crippen LogP contribution in [-0.4, -0.2) is 38.5 Å². The van der Waals surface area contributed by atoms with Crippen molar-refractivity contribution in [3.63, 3.8) is 0 Å². The molecule has 12 heteroatoms. The monoisotopic (exact) mass is 527 g/mol. The fourth-order valence-corrected chi connectivity index (χ4v) is 5.49. The largest absolute Gasteiger partial charge is 0.461 e. The Morgan fingerprint density at radius 2 is 2.19 bits per heavy atom. The minimum Gasteiger partial charge on any atom is -0.461 e. The van der Waals surface area contributed by atoms with Crippen LogP contribution in [0, 0.1) is 5.82 Å². The minimum atomic E-state index is -0.534. The van der Waals surface area contributed by atoms with Crippen LogP contribution in [0.2, 0.25) is 5.02 Å². The number of ketones is 1. The molecule has 0 unspecified atom stereocenters. The number of furan rings is 1. The van der Waals surface area contributed by atoms with E-state index in [1.165, 1.54) is 23.9 Å². The number of H-pyrrole nitrogens is 2. The number of nitrogens with zero attached hydrogens (tertiary/aromatic N) is 3. The number of imidazole rings is 1. The molecule has 1 aliphatic heterocycles. The summed E-state index contributed by atoms with van der Waals surface area (Å²) in [6.07, 6.45) is 2.37. The molecule has 0 fully saturated rings. The Morgan fingerprint density at radius 3 is 3.03 bits per heavy atom. The quantitative estimate of drug-likeness (QED) is 0.317. The van der Waals surface area contributed by atoms with Crippen molar-refractivity contribution in [2.75, 3.05) is 11.5 Å². The Morgan fingerprint density at radius 1 is 1.33 bits per heavy atom. The molecule has 4 aromatic rings. The molecule has 184 valence electrons. The number of anilines is 2. The van der Waals surface area contributed by atoms with Gasteiger partial charge in [0.15, 0.2) is 21.8 Å². The van der Waals surface area contributed by atoms with E-state index in [2.05, 4.69) is 20.2 Å². The Hall–Kier alpha value is -3.57. The minimum absolute atomic E-state index is 0.00405. The van der Waals surface area contributed by atoms with Gasteiger partial charge in [-0.2, -0.15) is 5.10 Å². The Kier molecular flexibility index (Phi) is 5.60. The van der Waals surface area contributed by atoms with Crippen LogP contribution in [0.15, 0.2) is 50.2 Å². The highest BCUT2D eigenvalue weighted by Crippen LogP contribution is 2.44. The van der Waals surface area contributed by atoms with Gasteiger partial charge in [-0.05, 0) is 49.2 Å². The van der Waals surface area contributed by atoms with Gasteiger partial charge in [-0.3, -0.25) is 14.8 Å². The molecule has 6 rings (SSSR count). The molecule has 2 aliphatic rings. The van der Waals surface area contributed by atoms with Gasteiger partial charge in [0.1, 0.15) is 11.5 Å². The summed E-state index contributed by atoms with van der Waals surface area (Å²) in [6, 6.07) is 6.24. The van der Waals surface area contributed by atoms with Gasteiger partial charge in [0.05, 0.1) is 28.4 Å². The number of aromatic amines is 2. The highest BCUT2D eigenvalue weighted by atomic mass is 35.5. The molecule has 1 aromatic carbocycles. The molecule has 0 radical (unpaired) electrons. The fraction of sp³-hybridized carbons (Fsp3) is 0.250. The lowest BCUT2D eigenvalue weighted by Gasteiger charge is -2.32. The third-order valence-corrected chi connectivity index (χ3v) is 7.22. The van der Waals surface area contributed by atoms with Crippen LogP contribution in [0.1, 0.15) is 42.2 Å². The summed E-state index contributed by atoms with van der Waals surface area (Å²) in [4.78, 5) is 34.6. The summed E-state index contributed by atoms with van der Waals surface area (Å²) in [5, 5.41) is 8.13. The second-order valence-electron chi connectivity index (χ2n) is 8.38. The van der Waals surface area contributed by atoms with Crippen LogP contribution < -0.4 is 4.90 Å².